The average Bonchev–Trinajstić information content (AvgIpc) is 3.47. The number of amides is 2. The topological polar surface area (TPSA) is 103 Å². The first kappa shape index (κ1) is 21.3. The van der Waals surface area contributed by atoms with Crippen molar-refractivity contribution in [3.8, 4) is 17.1 Å². The molecule has 1 fully saturated rings. The summed E-state index contributed by atoms with van der Waals surface area (Å²) in [7, 11) is 0. The van der Waals surface area contributed by atoms with Gasteiger partial charge in [0.2, 0.25) is 0 Å². The normalized spacial score (nSPS) is 14.3. The minimum Gasteiger partial charge on any atom is -0.364 e. The second-order valence-corrected chi connectivity index (χ2v) is 8.59. The van der Waals surface area contributed by atoms with Gasteiger partial charge >= 0.3 is 0 Å². The number of aromatic nitrogens is 3. The number of nitrogens with one attached hydrogen (secondary N) is 1. The van der Waals surface area contributed by atoms with Crippen molar-refractivity contribution >= 4 is 35.0 Å². The first-order valence-electron chi connectivity index (χ1n) is 9.88. The number of nitrogens with zero attached hydrogens (tertiary/aromatic N) is 3. The number of pyridine rings is 1. The number of primary amides is 1. The highest BCUT2D eigenvalue weighted by molar-refractivity contribution is 6.32. The van der Waals surface area contributed by atoms with Gasteiger partial charge in [0.25, 0.3) is 11.8 Å². The number of halogens is 2. The largest absolute Gasteiger partial charge is 0.364 e. The molecule has 1 aliphatic rings. The van der Waals surface area contributed by atoms with Crippen molar-refractivity contribution in [1.29, 1.82) is 0 Å². The van der Waals surface area contributed by atoms with Gasteiger partial charge in [-0.25, -0.2) is 9.67 Å². The smallest absolute Gasteiger partial charge is 0.267 e. The Labute approximate surface area is 189 Å². The van der Waals surface area contributed by atoms with E-state index in [0.717, 1.165) is 18.4 Å². The number of benzene rings is 1. The number of hydrogen-bond donors (Lipinski definition) is 2. The van der Waals surface area contributed by atoms with Crippen LogP contribution in [0.3, 0.4) is 0 Å². The van der Waals surface area contributed by atoms with Gasteiger partial charge in [-0.2, -0.15) is 5.10 Å². The van der Waals surface area contributed by atoms with Gasteiger partial charge in [-0.1, -0.05) is 23.2 Å². The lowest BCUT2D eigenvalue weighted by Crippen LogP contribution is -2.34. The summed E-state index contributed by atoms with van der Waals surface area (Å²) in [5.41, 5.74) is 7.77. The molecule has 1 saturated carbocycles. The molecule has 1 aliphatic carbocycles. The molecule has 1 aromatic carbocycles. The molecule has 9 heteroatoms. The molecule has 0 spiro atoms. The first-order chi connectivity index (χ1) is 14.8. The first-order valence-corrected chi connectivity index (χ1v) is 10.6. The monoisotopic (exact) mass is 457 g/mol. The summed E-state index contributed by atoms with van der Waals surface area (Å²) in [5.74, 6) is -0.171. The van der Waals surface area contributed by atoms with E-state index >= 15 is 0 Å². The summed E-state index contributed by atoms with van der Waals surface area (Å²) in [4.78, 5) is 29.5. The fourth-order valence-electron chi connectivity index (χ4n) is 3.63. The van der Waals surface area contributed by atoms with E-state index in [1.807, 2.05) is 13.8 Å². The zero-order chi connectivity index (χ0) is 22.3. The van der Waals surface area contributed by atoms with Gasteiger partial charge in [-0.05, 0) is 68.5 Å². The maximum atomic E-state index is 13.1. The molecule has 7 nitrogen and oxygen atoms in total. The number of hydrogen-bond acceptors (Lipinski definition) is 4. The summed E-state index contributed by atoms with van der Waals surface area (Å²) in [6.07, 6.45) is 3.76. The van der Waals surface area contributed by atoms with Gasteiger partial charge in [-0.3, -0.25) is 9.59 Å². The highest BCUT2D eigenvalue weighted by Crippen LogP contribution is 2.34. The SMILES string of the molecule is Cc1cc(Cl)cc(C(=O)NC(C)C2CC2)c1-c1cc(C(N)=O)n(-c2ncccc2Cl)n1. The predicted octanol–water partition coefficient (Wildman–Crippen LogP) is 4.18. The van der Waals surface area contributed by atoms with Crippen LogP contribution in [0, 0.1) is 12.8 Å². The van der Waals surface area contributed by atoms with Crippen LogP contribution in [0.2, 0.25) is 10.0 Å². The number of nitrogens with two attached hydrogens (primary N) is 1. The summed E-state index contributed by atoms with van der Waals surface area (Å²) in [6.45, 7) is 3.83. The zero-order valence-corrected chi connectivity index (χ0v) is 18.5. The molecule has 3 N–H and O–H groups in total. The Morgan fingerprint density at radius 2 is 2.00 bits per heavy atom. The van der Waals surface area contributed by atoms with Crippen molar-refractivity contribution in [2.75, 3.05) is 0 Å². The van der Waals surface area contributed by atoms with Crippen LogP contribution in [0.25, 0.3) is 17.1 Å². The van der Waals surface area contributed by atoms with E-state index in [1.54, 1.807) is 30.5 Å². The number of rotatable bonds is 6. The van der Waals surface area contributed by atoms with Crippen LogP contribution < -0.4 is 11.1 Å². The van der Waals surface area contributed by atoms with Crippen molar-refractivity contribution in [3.63, 3.8) is 0 Å². The number of carbonyl (C=O) groups excluding carboxylic acids is 2. The van der Waals surface area contributed by atoms with Crippen LogP contribution in [0.4, 0.5) is 0 Å². The molecule has 1 atom stereocenters. The predicted molar refractivity (Wildman–Crippen MR) is 120 cm³/mol. The standard InChI is InChI=1S/C22H21Cl2N5O2/c1-11-8-14(23)9-15(22(31)27-12(2)13-5-6-13)19(11)17-10-18(20(25)30)29(28-17)21-16(24)4-3-7-26-21/h3-4,7-10,12-13H,5-6H2,1-2H3,(H2,25,30)(H,27,31). The maximum absolute atomic E-state index is 13.1. The van der Waals surface area contributed by atoms with E-state index in [2.05, 4.69) is 15.4 Å². The van der Waals surface area contributed by atoms with E-state index < -0.39 is 5.91 Å². The minimum atomic E-state index is -0.694. The van der Waals surface area contributed by atoms with Crippen molar-refractivity contribution < 1.29 is 9.59 Å². The molecule has 160 valence electrons. The summed E-state index contributed by atoms with van der Waals surface area (Å²) in [5, 5.41) is 8.34. The molecule has 0 bridgehead atoms. The molecule has 0 radical (unpaired) electrons. The van der Waals surface area contributed by atoms with Gasteiger partial charge in [0, 0.05) is 22.8 Å². The van der Waals surface area contributed by atoms with E-state index in [-0.39, 0.29) is 23.5 Å². The van der Waals surface area contributed by atoms with Crippen molar-refractivity contribution in [2.24, 2.45) is 11.7 Å². The van der Waals surface area contributed by atoms with E-state index in [4.69, 9.17) is 28.9 Å². The lowest BCUT2D eigenvalue weighted by molar-refractivity contribution is 0.0935. The van der Waals surface area contributed by atoms with E-state index in [1.165, 1.54) is 10.7 Å². The van der Waals surface area contributed by atoms with Crippen molar-refractivity contribution in [3.05, 3.63) is 63.4 Å². The Hall–Kier alpha value is -2.90. The molecule has 1 unspecified atom stereocenters. The molecular weight excluding hydrogens is 437 g/mol. The van der Waals surface area contributed by atoms with E-state index in [9.17, 15) is 9.59 Å². The third-order valence-corrected chi connectivity index (χ3v) is 5.90. The molecule has 4 rings (SSSR count). The number of aryl methyl sites for hydroxylation is 1. The average molecular weight is 458 g/mol. The molecule has 2 aromatic heterocycles. The van der Waals surface area contributed by atoms with Gasteiger partial charge in [0.05, 0.1) is 16.3 Å². The van der Waals surface area contributed by atoms with Crippen molar-refractivity contribution in [1.82, 2.24) is 20.1 Å². The molecular formula is C22H21Cl2N5O2. The molecule has 3 aromatic rings. The second kappa shape index (κ2) is 8.32. The zero-order valence-electron chi connectivity index (χ0n) is 17.0. The Morgan fingerprint density at radius 3 is 2.65 bits per heavy atom. The lowest BCUT2D eigenvalue weighted by Gasteiger charge is -2.16. The van der Waals surface area contributed by atoms with Gasteiger partial charge < -0.3 is 11.1 Å². The molecule has 2 heterocycles. The summed E-state index contributed by atoms with van der Waals surface area (Å²) in [6, 6.07) is 8.26. The third kappa shape index (κ3) is 4.29. The fraction of sp³-hybridized carbons (Fsp3) is 0.273. The summed E-state index contributed by atoms with van der Waals surface area (Å²) >= 11 is 12.5. The summed E-state index contributed by atoms with van der Waals surface area (Å²) < 4.78 is 1.29. The van der Waals surface area contributed by atoms with Crippen LogP contribution in [0.1, 0.15) is 46.2 Å². The third-order valence-electron chi connectivity index (χ3n) is 5.39. The Morgan fingerprint density at radius 1 is 1.26 bits per heavy atom. The Bertz CT molecular complexity index is 1190. The highest BCUT2D eigenvalue weighted by Gasteiger charge is 2.30. The van der Waals surface area contributed by atoms with E-state index in [0.29, 0.717) is 32.8 Å². The molecule has 0 saturated heterocycles. The van der Waals surface area contributed by atoms with Crippen LogP contribution in [-0.2, 0) is 0 Å². The Balaban J connectivity index is 1.84. The fourth-order valence-corrected chi connectivity index (χ4v) is 4.11. The molecule has 0 aliphatic heterocycles. The van der Waals surface area contributed by atoms with Crippen molar-refractivity contribution in [2.45, 2.75) is 32.7 Å². The van der Waals surface area contributed by atoms with Gasteiger partial charge in [0.15, 0.2) is 5.82 Å². The number of carbonyl (C=O) groups is 2. The van der Waals surface area contributed by atoms with Crippen LogP contribution in [0.15, 0.2) is 36.5 Å². The molecule has 31 heavy (non-hydrogen) atoms. The molecule has 2 amide bonds. The van der Waals surface area contributed by atoms with Crippen LogP contribution in [-0.4, -0.2) is 32.6 Å². The second-order valence-electron chi connectivity index (χ2n) is 7.74. The van der Waals surface area contributed by atoms with Crippen LogP contribution in [0.5, 0.6) is 0 Å². The lowest BCUT2D eigenvalue weighted by atomic mass is 9.97. The quantitative estimate of drug-likeness (QED) is 0.579. The minimum absolute atomic E-state index is 0.0608. The van der Waals surface area contributed by atoms with Crippen LogP contribution >= 0.6 is 23.2 Å². The highest BCUT2D eigenvalue weighted by atomic mass is 35.5. The Kier molecular flexibility index (Phi) is 5.73. The van der Waals surface area contributed by atoms with Gasteiger partial charge in [0.1, 0.15) is 5.69 Å². The van der Waals surface area contributed by atoms with Gasteiger partial charge in [-0.15, -0.1) is 0 Å². The maximum Gasteiger partial charge on any atom is 0.267 e.